The molecule has 1 aliphatic rings. The Labute approximate surface area is 236 Å². The van der Waals surface area contributed by atoms with Crippen LogP contribution in [0.2, 0.25) is 0 Å². The van der Waals surface area contributed by atoms with Gasteiger partial charge >= 0.3 is 0 Å². The number of ether oxygens (including phenoxy) is 1. The highest BCUT2D eigenvalue weighted by atomic mass is 32.2. The van der Waals surface area contributed by atoms with E-state index in [2.05, 4.69) is 4.98 Å². The summed E-state index contributed by atoms with van der Waals surface area (Å²) in [7, 11) is -2.12. The number of hydrogen-bond acceptors (Lipinski definition) is 7. The van der Waals surface area contributed by atoms with Crippen molar-refractivity contribution in [3.05, 3.63) is 114 Å². The van der Waals surface area contributed by atoms with Crippen LogP contribution in [0.1, 0.15) is 27.2 Å². The van der Waals surface area contributed by atoms with E-state index in [0.29, 0.717) is 41.6 Å². The van der Waals surface area contributed by atoms with Gasteiger partial charge in [-0.3, -0.25) is 14.7 Å². The van der Waals surface area contributed by atoms with Crippen LogP contribution >= 0.6 is 11.3 Å². The zero-order chi connectivity index (χ0) is 27.7. The Morgan fingerprint density at radius 3 is 2.52 bits per heavy atom. The third-order valence-electron chi connectivity index (χ3n) is 6.94. The normalized spacial score (nSPS) is 13.6. The van der Waals surface area contributed by atoms with Crippen molar-refractivity contribution in [2.45, 2.75) is 24.4 Å². The topological polar surface area (TPSA) is 92.7 Å². The minimum absolute atomic E-state index is 0.159. The van der Waals surface area contributed by atoms with Crippen molar-refractivity contribution in [1.82, 2.24) is 14.3 Å². The van der Waals surface area contributed by atoms with Crippen molar-refractivity contribution in [2.24, 2.45) is 0 Å². The molecule has 0 aliphatic carbocycles. The van der Waals surface area contributed by atoms with Crippen LogP contribution in [-0.2, 0) is 29.5 Å². The summed E-state index contributed by atoms with van der Waals surface area (Å²) in [5.74, 6) is 0.383. The van der Waals surface area contributed by atoms with E-state index in [0.717, 1.165) is 15.8 Å². The molecule has 0 atom stereocenters. The smallest absolute Gasteiger partial charge is 0.260 e. The average Bonchev–Trinajstić information content (AvgIpc) is 3.43. The molecular formula is C30H26N4O4S2. The van der Waals surface area contributed by atoms with Crippen molar-refractivity contribution in [2.75, 3.05) is 18.6 Å². The maximum absolute atomic E-state index is 13.8. The number of carbonyl (C=O) groups is 1. The summed E-state index contributed by atoms with van der Waals surface area (Å²) in [6, 6.07) is 25.2. The zero-order valence-corrected chi connectivity index (χ0v) is 23.4. The minimum atomic E-state index is -3.72. The van der Waals surface area contributed by atoms with Crippen LogP contribution in [0.3, 0.4) is 0 Å². The van der Waals surface area contributed by atoms with Gasteiger partial charge < -0.3 is 4.74 Å². The molecule has 0 unspecified atom stereocenters. The number of amides is 1. The lowest BCUT2D eigenvalue weighted by atomic mass is 10.0. The van der Waals surface area contributed by atoms with Gasteiger partial charge in [0.2, 0.25) is 10.0 Å². The SMILES string of the molecule is COc1ccc2sc(N(Cc3ccccn3)C(=O)c3ccc(S(=O)(=O)N4CCc5ccccc5C4)cc3)nc2c1. The molecule has 1 amide bonds. The van der Waals surface area contributed by atoms with Crippen LogP contribution < -0.4 is 9.64 Å². The number of fused-ring (bicyclic) bond motifs is 2. The predicted octanol–water partition coefficient (Wildman–Crippen LogP) is 5.29. The molecule has 10 heteroatoms. The minimum Gasteiger partial charge on any atom is -0.497 e. The highest BCUT2D eigenvalue weighted by molar-refractivity contribution is 7.89. The van der Waals surface area contributed by atoms with E-state index < -0.39 is 10.0 Å². The van der Waals surface area contributed by atoms with E-state index in [-0.39, 0.29) is 17.3 Å². The molecule has 2 aromatic heterocycles. The summed E-state index contributed by atoms with van der Waals surface area (Å²) < 4.78 is 34.6. The number of rotatable bonds is 7. The first-order chi connectivity index (χ1) is 19.4. The zero-order valence-electron chi connectivity index (χ0n) is 21.7. The summed E-state index contributed by atoms with van der Waals surface area (Å²) in [6.45, 7) is 0.962. The molecule has 6 rings (SSSR count). The fraction of sp³-hybridized carbons (Fsp3) is 0.167. The fourth-order valence-corrected chi connectivity index (χ4v) is 7.13. The predicted molar refractivity (Wildman–Crippen MR) is 155 cm³/mol. The number of hydrogen-bond donors (Lipinski definition) is 0. The van der Waals surface area contributed by atoms with Crippen molar-refractivity contribution < 1.29 is 17.9 Å². The van der Waals surface area contributed by atoms with Crippen molar-refractivity contribution >= 4 is 42.6 Å². The van der Waals surface area contributed by atoms with Gasteiger partial charge in [0.25, 0.3) is 5.91 Å². The number of thiazole rings is 1. The maximum atomic E-state index is 13.8. The number of aromatic nitrogens is 2. The van der Waals surface area contributed by atoms with E-state index >= 15 is 0 Å². The Morgan fingerprint density at radius 1 is 1.00 bits per heavy atom. The van der Waals surface area contributed by atoms with Crippen LogP contribution in [0.25, 0.3) is 10.2 Å². The lowest BCUT2D eigenvalue weighted by molar-refractivity contribution is 0.0984. The van der Waals surface area contributed by atoms with Crippen molar-refractivity contribution in [1.29, 1.82) is 0 Å². The third-order valence-corrected chi connectivity index (χ3v) is 9.86. The van der Waals surface area contributed by atoms with Gasteiger partial charge in [-0.25, -0.2) is 13.4 Å². The molecule has 0 saturated carbocycles. The Balaban J connectivity index is 1.29. The van der Waals surface area contributed by atoms with Gasteiger partial charge in [0.1, 0.15) is 5.75 Å². The van der Waals surface area contributed by atoms with E-state index in [1.165, 1.54) is 33.3 Å². The largest absolute Gasteiger partial charge is 0.497 e. The second-order valence-electron chi connectivity index (χ2n) is 9.42. The maximum Gasteiger partial charge on any atom is 0.260 e. The van der Waals surface area contributed by atoms with Gasteiger partial charge in [-0.15, -0.1) is 0 Å². The van der Waals surface area contributed by atoms with E-state index in [9.17, 15) is 13.2 Å². The summed E-state index contributed by atoms with van der Waals surface area (Å²) in [5, 5.41) is 0.516. The second-order valence-corrected chi connectivity index (χ2v) is 12.4. The third kappa shape index (κ3) is 5.08. The van der Waals surface area contributed by atoms with Crippen LogP contribution in [0, 0.1) is 0 Å². The number of carbonyl (C=O) groups excluding carboxylic acids is 1. The van der Waals surface area contributed by atoms with Crippen molar-refractivity contribution in [3.8, 4) is 5.75 Å². The monoisotopic (exact) mass is 570 g/mol. The number of anilines is 1. The Hall–Kier alpha value is -4.12. The number of methoxy groups -OCH3 is 1. The number of nitrogens with zero attached hydrogens (tertiary/aromatic N) is 4. The number of benzene rings is 3. The molecule has 1 aliphatic heterocycles. The Bertz CT molecular complexity index is 1790. The van der Waals surface area contributed by atoms with Gasteiger partial charge in [-0.2, -0.15) is 4.31 Å². The molecular weight excluding hydrogens is 544 g/mol. The van der Waals surface area contributed by atoms with E-state index in [1.807, 2.05) is 60.7 Å². The van der Waals surface area contributed by atoms with Crippen LogP contribution in [0.5, 0.6) is 5.75 Å². The first-order valence-corrected chi connectivity index (χ1v) is 15.0. The molecule has 5 aromatic rings. The molecule has 202 valence electrons. The molecule has 3 aromatic carbocycles. The van der Waals surface area contributed by atoms with Gasteiger partial charge in [0.05, 0.1) is 34.5 Å². The van der Waals surface area contributed by atoms with Crippen LogP contribution in [-0.4, -0.2) is 42.3 Å². The lowest BCUT2D eigenvalue weighted by Crippen LogP contribution is -2.36. The quantitative estimate of drug-likeness (QED) is 0.264. The summed E-state index contributed by atoms with van der Waals surface area (Å²) in [6.07, 6.45) is 2.35. The summed E-state index contributed by atoms with van der Waals surface area (Å²) in [5.41, 5.74) is 3.98. The summed E-state index contributed by atoms with van der Waals surface area (Å²) >= 11 is 1.40. The lowest BCUT2D eigenvalue weighted by Gasteiger charge is -2.28. The second kappa shape index (κ2) is 10.8. The molecule has 8 nitrogen and oxygen atoms in total. The molecule has 0 spiro atoms. The molecule has 0 fully saturated rings. The highest BCUT2D eigenvalue weighted by Crippen LogP contribution is 2.33. The van der Waals surface area contributed by atoms with E-state index in [1.54, 1.807) is 30.3 Å². The first kappa shape index (κ1) is 26.1. The number of pyridine rings is 1. The van der Waals surface area contributed by atoms with E-state index in [4.69, 9.17) is 9.72 Å². The Morgan fingerprint density at radius 2 is 1.77 bits per heavy atom. The van der Waals surface area contributed by atoms with Crippen LogP contribution in [0.4, 0.5) is 5.13 Å². The molecule has 40 heavy (non-hydrogen) atoms. The number of sulfonamides is 1. The standard InChI is InChI=1S/C30H26N4O4S2/c1-38-25-11-14-28-27(18-25)32-30(39-28)34(20-24-8-4-5-16-31-24)29(35)22-9-12-26(13-10-22)40(36,37)33-17-15-21-6-2-3-7-23(21)19-33/h2-14,16,18H,15,17,19-20H2,1H3. The van der Waals surface area contributed by atoms with Gasteiger partial charge in [0.15, 0.2) is 5.13 Å². The Kier molecular flexibility index (Phi) is 7.05. The molecule has 0 bridgehead atoms. The van der Waals surface area contributed by atoms with Crippen molar-refractivity contribution in [3.63, 3.8) is 0 Å². The molecule has 0 N–H and O–H groups in total. The highest BCUT2D eigenvalue weighted by Gasteiger charge is 2.29. The molecule has 0 saturated heterocycles. The van der Waals surface area contributed by atoms with Gasteiger partial charge in [-0.1, -0.05) is 41.7 Å². The van der Waals surface area contributed by atoms with Crippen LogP contribution in [0.15, 0.2) is 96.0 Å². The molecule has 0 radical (unpaired) electrons. The molecule has 3 heterocycles. The van der Waals surface area contributed by atoms with Gasteiger partial charge in [-0.05, 0) is 66.1 Å². The fourth-order valence-electron chi connectivity index (χ4n) is 4.77. The first-order valence-electron chi connectivity index (χ1n) is 12.8. The summed E-state index contributed by atoms with van der Waals surface area (Å²) in [4.78, 5) is 24.7. The average molecular weight is 571 g/mol. The van der Waals surface area contributed by atoms with Gasteiger partial charge in [0, 0.05) is 30.9 Å².